The third kappa shape index (κ3) is 4.17. The fourth-order valence-corrected chi connectivity index (χ4v) is 4.79. The Balaban J connectivity index is 1.57. The third-order valence-corrected chi connectivity index (χ3v) is 6.66. The van der Waals surface area contributed by atoms with Gasteiger partial charge in [0.1, 0.15) is 0 Å². The number of hydrogen-bond acceptors (Lipinski definition) is 4. The van der Waals surface area contributed by atoms with E-state index in [9.17, 15) is 0 Å². The van der Waals surface area contributed by atoms with Crippen LogP contribution >= 0.6 is 12.2 Å². The lowest BCUT2D eigenvalue weighted by atomic mass is 9.96. The van der Waals surface area contributed by atoms with Gasteiger partial charge in [-0.05, 0) is 56.2 Å². The second-order valence-corrected chi connectivity index (χ2v) is 8.40. The van der Waals surface area contributed by atoms with E-state index >= 15 is 0 Å². The summed E-state index contributed by atoms with van der Waals surface area (Å²) in [6.07, 6.45) is 2.94. The van der Waals surface area contributed by atoms with Gasteiger partial charge in [0.15, 0.2) is 5.11 Å². The zero-order chi connectivity index (χ0) is 20.4. The summed E-state index contributed by atoms with van der Waals surface area (Å²) >= 11 is 5.79. The molecule has 6 nitrogen and oxygen atoms in total. The molecule has 0 radical (unpaired) electrons. The molecule has 0 bridgehead atoms. The molecule has 2 aliphatic rings. The van der Waals surface area contributed by atoms with Gasteiger partial charge in [-0.25, -0.2) is 0 Å². The van der Waals surface area contributed by atoms with Crippen LogP contribution in [-0.2, 0) is 11.8 Å². The molecule has 0 aromatic carbocycles. The average Bonchev–Trinajstić information content (AvgIpc) is 3.20. The molecular weight excluding hydrogens is 382 g/mol. The van der Waals surface area contributed by atoms with Gasteiger partial charge in [-0.15, -0.1) is 0 Å². The molecule has 4 rings (SSSR count). The van der Waals surface area contributed by atoms with Crippen LogP contribution in [0.2, 0.25) is 0 Å². The maximum Gasteiger partial charge on any atom is 0.170 e. The first-order valence-corrected chi connectivity index (χ1v) is 10.9. The van der Waals surface area contributed by atoms with Crippen LogP contribution in [-0.4, -0.2) is 63.9 Å². The van der Waals surface area contributed by atoms with E-state index in [2.05, 4.69) is 57.7 Å². The van der Waals surface area contributed by atoms with Gasteiger partial charge in [0.2, 0.25) is 0 Å². The van der Waals surface area contributed by atoms with E-state index in [4.69, 9.17) is 17.0 Å². The average molecular weight is 414 g/mol. The first kappa shape index (κ1) is 20.3. The van der Waals surface area contributed by atoms with Crippen molar-refractivity contribution in [2.75, 3.05) is 39.4 Å². The maximum atomic E-state index is 5.79. The van der Waals surface area contributed by atoms with Crippen LogP contribution < -0.4 is 5.32 Å². The van der Waals surface area contributed by atoms with Crippen molar-refractivity contribution in [3.63, 3.8) is 0 Å². The number of aryl methyl sites for hydroxylation is 1. The minimum atomic E-state index is 0.0626. The molecule has 2 saturated heterocycles. The molecule has 0 aliphatic carbocycles. The molecule has 0 unspecified atom stereocenters. The first-order chi connectivity index (χ1) is 14.1. The summed E-state index contributed by atoms with van der Waals surface area (Å²) in [6, 6.07) is 8.63. The Morgan fingerprint density at radius 2 is 2.00 bits per heavy atom. The van der Waals surface area contributed by atoms with Crippen molar-refractivity contribution in [1.82, 2.24) is 24.7 Å². The molecule has 1 N–H and O–H groups in total. The third-order valence-electron chi connectivity index (χ3n) is 6.31. The SMILES string of the molecule is Cc1cc([C@@H]2[C@@H](c3ccccn3)NC(=S)N2CCCN2CCOCC2)c(C)n1C. The van der Waals surface area contributed by atoms with E-state index in [-0.39, 0.29) is 12.1 Å². The van der Waals surface area contributed by atoms with Crippen molar-refractivity contribution >= 4 is 17.3 Å². The summed E-state index contributed by atoms with van der Waals surface area (Å²) in [5.74, 6) is 0. The van der Waals surface area contributed by atoms with Crippen molar-refractivity contribution < 1.29 is 4.74 Å². The predicted molar refractivity (Wildman–Crippen MR) is 119 cm³/mol. The Kier molecular flexibility index (Phi) is 6.18. The summed E-state index contributed by atoms with van der Waals surface area (Å²) in [6.45, 7) is 10.1. The molecule has 2 aliphatic heterocycles. The van der Waals surface area contributed by atoms with Crippen LogP contribution in [0.3, 0.4) is 0 Å². The largest absolute Gasteiger partial charge is 0.379 e. The van der Waals surface area contributed by atoms with Crippen molar-refractivity contribution in [2.24, 2.45) is 7.05 Å². The number of pyridine rings is 1. The Labute approximate surface area is 178 Å². The molecular formula is C22H31N5OS. The normalized spacial score (nSPS) is 22.9. The lowest BCUT2D eigenvalue weighted by Gasteiger charge is -2.30. The quantitative estimate of drug-likeness (QED) is 0.735. The summed E-state index contributed by atoms with van der Waals surface area (Å²) in [4.78, 5) is 9.50. The standard InChI is InChI=1S/C22H31N5OS/c1-16-15-18(17(2)25(16)3)21-20(19-7-4-5-8-23-19)24-22(29)27(21)10-6-9-26-11-13-28-14-12-26/h4-5,7-8,15,20-21H,6,9-14H2,1-3H3,(H,24,29)/t20-,21-/m1/s1. The van der Waals surface area contributed by atoms with E-state index in [1.165, 1.54) is 17.0 Å². The lowest BCUT2D eigenvalue weighted by molar-refractivity contribution is 0.0365. The van der Waals surface area contributed by atoms with Gasteiger partial charge in [-0.2, -0.15) is 0 Å². The van der Waals surface area contributed by atoms with Crippen molar-refractivity contribution in [3.8, 4) is 0 Å². The summed E-state index contributed by atoms with van der Waals surface area (Å²) in [7, 11) is 2.13. The smallest absolute Gasteiger partial charge is 0.170 e. The number of rotatable bonds is 6. The zero-order valence-electron chi connectivity index (χ0n) is 17.6. The Bertz CT molecular complexity index is 846. The van der Waals surface area contributed by atoms with Gasteiger partial charge < -0.3 is 19.5 Å². The molecule has 156 valence electrons. The highest BCUT2D eigenvalue weighted by Gasteiger charge is 2.40. The van der Waals surface area contributed by atoms with E-state index in [0.717, 1.165) is 56.6 Å². The summed E-state index contributed by atoms with van der Waals surface area (Å²) in [5, 5.41) is 4.39. The van der Waals surface area contributed by atoms with Crippen LogP contribution in [0.5, 0.6) is 0 Å². The topological polar surface area (TPSA) is 45.6 Å². The molecule has 2 aromatic rings. The zero-order valence-corrected chi connectivity index (χ0v) is 18.4. The van der Waals surface area contributed by atoms with Gasteiger partial charge in [0, 0.05) is 50.8 Å². The molecule has 0 saturated carbocycles. The molecule has 4 heterocycles. The maximum absolute atomic E-state index is 5.79. The number of nitrogens with zero attached hydrogens (tertiary/aromatic N) is 4. The van der Waals surface area contributed by atoms with E-state index in [1.54, 1.807) is 0 Å². The van der Waals surface area contributed by atoms with Gasteiger partial charge in [-0.1, -0.05) is 6.07 Å². The van der Waals surface area contributed by atoms with Crippen LogP contribution in [0.4, 0.5) is 0 Å². The van der Waals surface area contributed by atoms with Crippen LogP contribution in [0, 0.1) is 13.8 Å². The summed E-state index contributed by atoms with van der Waals surface area (Å²) in [5.41, 5.74) is 4.93. The van der Waals surface area contributed by atoms with E-state index in [1.807, 2.05) is 18.3 Å². The Morgan fingerprint density at radius 3 is 2.66 bits per heavy atom. The number of ether oxygens (including phenoxy) is 1. The van der Waals surface area contributed by atoms with Gasteiger partial charge >= 0.3 is 0 Å². The number of aromatic nitrogens is 2. The van der Waals surface area contributed by atoms with Gasteiger partial charge in [0.05, 0.1) is 31.0 Å². The van der Waals surface area contributed by atoms with Crippen molar-refractivity contribution in [2.45, 2.75) is 32.4 Å². The monoisotopic (exact) mass is 413 g/mol. The molecule has 0 spiro atoms. The number of nitrogens with one attached hydrogen (secondary N) is 1. The fraction of sp³-hybridized carbons (Fsp3) is 0.545. The van der Waals surface area contributed by atoms with Crippen LogP contribution in [0.15, 0.2) is 30.5 Å². The van der Waals surface area contributed by atoms with Gasteiger partial charge in [-0.3, -0.25) is 9.88 Å². The van der Waals surface area contributed by atoms with Crippen molar-refractivity contribution in [3.05, 3.63) is 53.1 Å². The van der Waals surface area contributed by atoms with Crippen molar-refractivity contribution in [1.29, 1.82) is 0 Å². The number of hydrogen-bond donors (Lipinski definition) is 1. The highest BCUT2D eigenvalue weighted by atomic mass is 32.1. The number of morpholine rings is 1. The Hall–Kier alpha value is -1.96. The first-order valence-electron chi connectivity index (χ1n) is 10.5. The second kappa shape index (κ2) is 8.81. The minimum Gasteiger partial charge on any atom is -0.379 e. The van der Waals surface area contributed by atoms with Gasteiger partial charge in [0.25, 0.3) is 0 Å². The minimum absolute atomic E-state index is 0.0626. The fourth-order valence-electron chi connectivity index (χ4n) is 4.46. The van der Waals surface area contributed by atoms with Crippen LogP contribution in [0.25, 0.3) is 0 Å². The highest BCUT2D eigenvalue weighted by molar-refractivity contribution is 7.80. The lowest BCUT2D eigenvalue weighted by Crippen LogP contribution is -2.39. The molecule has 2 fully saturated rings. The summed E-state index contributed by atoms with van der Waals surface area (Å²) < 4.78 is 7.73. The van der Waals surface area contributed by atoms with Crippen LogP contribution in [0.1, 0.15) is 41.1 Å². The Morgan fingerprint density at radius 1 is 1.21 bits per heavy atom. The molecule has 7 heteroatoms. The van der Waals surface area contributed by atoms with E-state index in [0.29, 0.717) is 0 Å². The highest BCUT2D eigenvalue weighted by Crippen LogP contribution is 2.40. The molecule has 2 aromatic heterocycles. The second-order valence-electron chi connectivity index (χ2n) is 8.01. The number of thiocarbonyl (C=S) groups is 1. The predicted octanol–water partition coefficient (Wildman–Crippen LogP) is 2.73. The van der Waals surface area contributed by atoms with E-state index < -0.39 is 0 Å². The molecule has 29 heavy (non-hydrogen) atoms. The molecule has 2 atom stereocenters. The molecule has 0 amide bonds.